The molecule has 0 aromatic carbocycles. The van der Waals surface area contributed by atoms with Gasteiger partial charge in [0.2, 0.25) is 5.91 Å². The standard InChI is InChI=1S/C12H21NO3/c1-9(14)16-10-5-7-13(8-6-10)11(15)12(2,3)4/h10H,5-8H2,1-4H3. The summed E-state index contributed by atoms with van der Waals surface area (Å²) in [5, 5.41) is 0. The minimum Gasteiger partial charge on any atom is -0.462 e. The fourth-order valence-corrected chi connectivity index (χ4v) is 1.89. The smallest absolute Gasteiger partial charge is 0.302 e. The van der Waals surface area contributed by atoms with Crippen LogP contribution in [0.1, 0.15) is 40.5 Å². The molecular weight excluding hydrogens is 206 g/mol. The summed E-state index contributed by atoms with van der Waals surface area (Å²) < 4.78 is 5.13. The van der Waals surface area contributed by atoms with Gasteiger partial charge in [0, 0.05) is 38.3 Å². The van der Waals surface area contributed by atoms with Crippen molar-refractivity contribution < 1.29 is 14.3 Å². The Balaban J connectivity index is 2.43. The van der Waals surface area contributed by atoms with E-state index < -0.39 is 0 Å². The van der Waals surface area contributed by atoms with E-state index in [-0.39, 0.29) is 23.4 Å². The average Bonchev–Trinajstić information content (AvgIpc) is 2.15. The van der Waals surface area contributed by atoms with Crippen LogP contribution in [-0.2, 0) is 14.3 Å². The van der Waals surface area contributed by atoms with Crippen LogP contribution in [-0.4, -0.2) is 36.0 Å². The average molecular weight is 227 g/mol. The van der Waals surface area contributed by atoms with Gasteiger partial charge >= 0.3 is 5.97 Å². The molecule has 0 aromatic heterocycles. The Kier molecular flexibility index (Phi) is 3.94. The van der Waals surface area contributed by atoms with Gasteiger partial charge in [-0.1, -0.05) is 20.8 Å². The molecule has 0 spiro atoms. The third kappa shape index (κ3) is 3.51. The van der Waals surface area contributed by atoms with E-state index in [1.54, 1.807) is 0 Å². The topological polar surface area (TPSA) is 46.6 Å². The largest absolute Gasteiger partial charge is 0.462 e. The van der Waals surface area contributed by atoms with E-state index >= 15 is 0 Å². The Morgan fingerprint density at radius 3 is 2.06 bits per heavy atom. The summed E-state index contributed by atoms with van der Waals surface area (Å²) in [5.74, 6) is -0.0608. The maximum absolute atomic E-state index is 12.0. The van der Waals surface area contributed by atoms with Gasteiger partial charge in [-0.05, 0) is 0 Å². The predicted molar refractivity (Wildman–Crippen MR) is 60.8 cm³/mol. The van der Waals surface area contributed by atoms with Crippen LogP contribution >= 0.6 is 0 Å². The molecule has 1 rings (SSSR count). The lowest BCUT2D eigenvalue weighted by molar-refractivity contribution is -0.151. The van der Waals surface area contributed by atoms with Gasteiger partial charge in [0.15, 0.2) is 0 Å². The van der Waals surface area contributed by atoms with Crippen LogP contribution in [0.25, 0.3) is 0 Å². The number of hydrogen-bond donors (Lipinski definition) is 0. The third-order valence-electron chi connectivity index (χ3n) is 2.70. The lowest BCUT2D eigenvalue weighted by Gasteiger charge is -2.35. The zero-order chi connectivity index (χ0) is 12.3. The van der Waals surface area contributed by atoms with Crippen molar-refractivity contribution in [1.82, 2.24) is 4.90 Å². The number of hydrogen-bond acceptors (Lipinski definition) is 3. The first-order valence-corrected chi connectivity index (χ1v) is 5.77. The Labute approximate surface area is 96.9 Å². The van der Waals surface area contributed by atoms with Crippen LogP contribution in [0.2, 0.25) is 0 Å². The second-order valence-electron chi connectivity index (χ2n) is 5.35. The molecule has 16 heavy (non-hydrogen) atoms. The third-order valence-corrected chi connectivity index (χ3v) is 2.70. The van der Waals surface area contributed by atoms with Crippen LogP contribution in [0.3, 0.4) is 0 Å². The minimum atomic E-state index is -0.325. The van der Waals surface area contributed by atoms with Gasteiger partial charge in [-0.15, -0.1) is 0 Å². The Hall–Kier alpha value is -1.06. The van der Waals surface area contributed by atoms with E-state index in [0.717, 1.165) is 12.8 Å². The van der Waals surface area contributed by atoms with Crippen molar-refractivity contribution in [2.24, 2.45) is 5.41 Å². The van der Waals surface area contributed by atoms with Gasteiger partial charge in [-0.25, -0.2) is 0 Å². The first kappa shape index (κ1) is 13.0. The summed E-state index contributed by atoms with van der Waals surface area (Å²) in [6, 6.07) is 0. The summed E-state index contributed by atoms with van der Waals surface area (Å²) in [7, 11) is 0. The molecule has 92 valence electrons. The molecule has 0 bridgehead atoms. The fourth-order valence-electron chi connectivity index (χ4n) is 1.89. The molecule has 4 nitrogen and oxygen atoms in total. The zero-order valence-electron chi connectivity index (χ0n) is 10.6. The Bertz CT molecular complexity index is 272. The van der Waals surface area contributed by atoms with Gasteiger partial charge in [-0.2, -0.15) is 0 Å². The number of ether oxygens (including phenoxy) is 1. The second kappa shape index (κ2) is 4.85. The molecule has 0 aliphatic carbocycles. The first-order chi connectivity index (χ1) is 7.30. The van der Waals surface area contributed by atoms with Crippen LogP contribution in [0.5, 0.6) is 0 Å². The van der Waals surface area contributed by atoms with Gasteiger partial charge in [0.1, 0.15) is 6.10 Å². The highest BCUT2D eigenvalue weighted by molar-refractivity contribution is 5.81. The number of piperidine rings is 1. The SMILES string of the molecule is CC(=O)OC1CCN(C(=O)C(C)(C)C)CC1. The summed E-state index contributed by atoms with van der Waals surface area (Å²) >= 11 is 0. The van der Waals surface area contributed by atoms with Crippen molar-refractivity contribution in [1.29, 1.82) is 0 Å². The molecule has 1 heterocycles. The van der Waals surface area contributed by atoms with Crippen LogP contribution in [0.4, 0.5) is 0 Å². The van der Waals surface area contributed by atoms with E-state index in [1.165, 1.54) is 6.92 Å². The van der Waals surface area contributed by atoms with E-state index in [2.05, 4.69) is 0 Å². The number of esters is 1. The van der Waals surface area contributed by atoms with Crippen molar-refractivity contribution >= 4 is 11.9 Å². The molecule has 0 N–H and O–H groups in total. The molecule has 1 amide bonds. The van der Waals surface area contributed by atoms with Crippen LogP contribution in [0.15, 0.2) is 0 Å². The summed E-state index contributed by atoms with van der Waals surface area (Å²) in [5.41, 5.74) is -0.325. The summed E-state index contributed by atoms with van der Waals surface area (Å²) in [6.07, 6.45) is 1.49. The molecule has 1 saturated heterocycles. The number of carbonyl (C=O) groups excluding carboxylic acids is 2. The highest BCUT2D eigenvalue weighted by Gasteiger charge is 2.30. The molecule has 0 radical (unpaired) electrons. The molecule has 0 unspecified atom stereocenters. The first-order valence-electron chi connectivity index (χ1n) is 5.77. The maximum atomic E-state index is 12.0. The second-order valence-corrected chi connectivity index (χ2v) is 5.35. The Morgan fingerprint density at radius 2 is 1.69 bits per heavy atom. The molecule has 1 aliphatic heterocycles. The minimum absolute atomic E-state index is 0.0125. The summed E-state index contributed by atoms with van der Waals surface area (Å²) in [6.45, 7) is 8.57. The van der Waals surface area contributed by atoms with Crippen molar-refractivity contribution in [2.45, 2.75) is 46.6 Å². The lowest BCUT2D eigenvalue weighted by Crippen LogP contribution is -2.45. The van der Waals surface area contributed by atoms with E-state index in [4.69, 9.17) is 4.74 Å². The Morgan fingerprint density at radius 1 is 1.19 bits per heavy atom. The number of nitrogens with zero attached hydrogens (tertiary/aromatic N) is 1. The highest BCUT2D eigenvalue weighted by atomic mass is 16.5. The summed E-state index contributed by atoms with van der Waals surface area (Å²) in [4.78, 5) is 24.6. The normalized spacial score (nSPS) is 18.4. The van der Waals surface area contributed by atoms with Gasteiger partial charge in [0.05, 0.1) is 0 Å². The molecule has 0 atom stereocenters. The van der Waals surface area contributed by atoms with Crippen molar-refractivity contribution in [3.8, 4) is 0 Å². The highest BCUT2D eigenvalue weighted by Crippen LogP contribution is 2.21. The van der Waals surface area contributed by atoms with E-state index in [0.29, 0.717) is 13.1 Å². The monoisotopic (exact) mass is 227 g/mol. The molecular formula is C12H21NO3. The van der Waals surface area contributed by atoms with Crippen LogP contribution in [0, 0.1) is 5.41 Å². The molecule has 1 fully saturated rings. The van der Waals surface area contributed by atoms with Gasteiger partial charge in [-0.3, -0.25) is 9.59 Å². The van der Waals surface area contributed by atoms with E-state index in [9.17, 15) is 9.59 Å². The number of likely N-dealkylation sites (tertiary alicyclic amines) is 1. The van der Waals surface area contributed by atoms with Crippen molar-refractivity contribution in [3.05, 3.63) is 0 Å². The molecule has 1 aliphatic rings. The molecule has 0 aromatic rings. The fraction of sp³-hybridized carbons (Fsp3) is 0.833. The van der Waals surface area contributed by atoms with Gasteiger partial charge in [0.25, 0.3) is 0 Å². The quantitative estimate of drug-likeness (QED) is 0.639. The van der Waals surface area contributed by atoms with Crippen molar-refractivity contribution in [2.75, 3.05) is 13.1 Å². The number of rotatable bonds is 1. The zero-order valence-corrected chi connectivity index (χ0v) is 10.6. The maximum Gasteiger partial charge on any atom is 0.302 e. The number of carbonyl (C=O) groups is 2. The van der Waals surface area contributed by atoms with E-state index in [1.807, 2.05) is 25.7 Å². The van der Waals surface area contributed by atoms with Crippen molar-refractivity contribution in [3.63, 3.8) is 0 Å². The number of amides is 1. The van der Waals surface area contributed by atoms with Gasteiger partial charge < -0.3 is 9.64 Å². The molecule has 4 heteroatoms. The lowest BCUT2D eigenvalue weighted by atomic mass is 9.93. The van der Waals surface area contributed by atoms with Crippen LogP contribution < -0.4 is 0 Å². The predicted octanol–water partition coefficient (Wildman–Crippen LogP) is 1.59. The molecule has 0 saturated carbocycles.